The van der Waals surface area contributed by atoms with Crippen LogP contribution in [0.5, 0.6) is 0 Å². The Bertz CT molecular complexity index is 892. The molecule has 9 heteroatoms. The van der Waals surface area contributed by atoms with Crippen LogP contribution >= 0.6 is 0 Å². The van der Waals surface area contributed by atoms with E-state index in [9.17, 15) is 9.59 Å². The molecule has 0 unspecified atom stereocenters. The van der Waals surface area contributed by atoms with Crippen molar-refractivity contribution >= 4 is 5.91 Å². The summed E-state index contributed by atoms with van der Waals surface area (Å²) < 4.78 is 10.0. The largest absolute Gasteiger partial charge is 0.351 e. The Kier molecular flexibility index (Phi) is 3.04. The SMILES string of the molecule is O=C(c1ccno1)N1CC(c2nc(-c3ccc[nH]c3=O)no2)C1. The molecule has 23 heavy (non-hydrogen) atoms. The van der Waals surface area contributed by atoms with Gasteiger partial charge in [0.2, 0.25) is 17.5 Å². The van der Waals surface area contributed by atoms with Gasteiger partial charge in [-0.05, 0) is 12.1 Å². The number of pyridine rings is 1. The van der Waals surface area contributed by atoms with Gasteiger partial charge < -0.3 is 18.9 Å². The summed E-state index contributed by atoms with van der Waals surface area (Å²) in [4.78, 5) is 32.1. The van der Waals surface area contributed by atoms with Gasteiger partial charge >= 0.3 is 0 Å². The zero-order valence-electron chi connectivity index (χ0n) is 11.8. The van der Waals surface area contributed by atoms with Crippen molar-refractivity contribution in [2.24, 2.45) is 0 Å². The third-order valence-corrected chi connectivity index (χ3v) is 3.67. The average molecular weight is 313 g/mol. The maximum absolute atomic E-state index is 12.0. The van der Waals surface area contributed by atoms with Crippen LogP contribution in [0.1, 0.15) is 22.4 Å². The number of carbonyl (C=O) groups is 1. The van der Waals surface area contributed by atoms with Gasteiger partial charge in [0.15, 0.2) is 0 Å². The first-order valence-corrected chi connectivity index (χ1v) is 6.94. The number of carbonyl (C=O) groups excluding carboxylic acids is 1. The second-order valence-electron chi connectivity index (χ2n) is 5.15. The first kappa shape index (κ1) is 13.4. The topological polar surface area (TPSA) is 118 Å². The van der Waals surface area contributed by atoms with Gasteiger partial charge in [-0.25, -0.2) is 0 Å². The normalized spacial score (nSPS) is 14.7. The number of amides is 1. The fourth-order valence-corrected chi connectivity index (χ4v) is 2.39. The first-order chi connectivity index (χ1) is 11.2. The summed E-state index contributed by atoms with van der Waals surface area (Å²) in [6.45, 7) is 0.901. The van der Waals surface area contributed by atoms with E-state index in [1.54, 1.807) is 17.0 Å². The summed E-state index contributed by atoms with van der Waals surface area (Å²) in [6.07, 6.45) is 2.96. The number of nitrogens with zero attached hydrogens (tertiary/aromatic N) is 4. The van der Waals surface area contributed by atoms with E-state index in [0.717, 1.165) is 0 Å². The van der Waals surface area contributed by atoms with Gasteiger partial charge in [-0.2, -0.15) is 4.98 Å². The minimum absolute atomic E-state index is 0.0501. The number of H-pyrrole nitrogens is 1. The molecule has 9 nitrogen and oxygen atoms in total. The molecule has 1 fully saturated rings. The fourth-order valence-electron chi connectivity index (χ4n) is 2.39. The van der Waals surface area contributed by atoms with E-state index in [-0.39, 0.29) is 29.0 Å². The van der Waals surface area contributed by atoms with Crippen molar-refractivity contribution < 1.29 is 13.8 Å². The van der Waals surface area contributed by atoms with Crippen molar-refractivity contribution in [3.63, 3.8) is 0 Å². The van der Waals surface area contributed by atoms with E-state index < -0.39 is 0 Å². The van der Waals surface area contributed by atoms with Crippen LogP contribution in [0.4, 0.5) is 0 Å². The van der Waals surface area contributed by atoms with E-state index in [4.69, 9.17) is 9.05 Å². The van der Waals surface area contributed by atoms with Crippen molar-refractivity contribution in [1.82, 2.24) is 25.2 Å². The lowest BCUT2D eigenvalue weighted by atomic mass is 10.00. The minimum atomic E-state index is -0.282. The summed E-state index contributed by atoms with van der Waals surface area (Å²) in [6, 6.07) is 4.82. The Morgan fingerprint density at radius 2 is 2.17 bits per heavy atom. The molecule has 3 aromatic rings. The highest BCUT2D eigenvalue weighted by atomic mass is 16.5. The van der Waals surface area contributed by atoms with Crippen LogP contribution < -0.4 is 5.56 Å². The summed E-state index contributed by atoms with van der Waals surface area (Å²) in [7, 11) is 0. The first-order valence-electron chi connectivity index (χ1n) is 6.94. The third kappa shape index (κ3) is 2.31. The Labute approximate surface area is 128 Å². The molecule has 0 atom stereocenters. The summed E-state index contributed by atoms with van der Waals surface area (Å²) in [5.41, 5.74) is 0.0620. The number of aromatic amines is 1. The summed E-state index contributed by atoms with van der Waals surface area (Å²) in [5.74, 6) is 0.570. The van der Waals surface area contributed by atoms with E-state index in [0.29, 0.717) is 24.5 Å². The van der Waals surface area contributed by atoms with Gasteiger partial charge in [-0.15, -0.1) is 0 Å². The lowest BCUT2D eigenvalue weighted by Gasteiger charge is -2.36. The molecule has 1 aliphatic heterocycles. The molecule has 4 rings (SSSR count). The van der Waals surface area contributed by atoms with Gasteiger partial charge in [0.25, 0.3) is 11.5 Å². The Morgan fingerprint density at radius 1 is 1.30 bits per heavy atom. The molecular formula is C14H11N5O4. The number of hydrogen-bond acceptors (Lipinski definition) is 7. The molecule has 1 saturated heterocycles. The lowest BCUT2D eigenvalue weighted by molar-refractivity contribution is 0.0527. The third-order valence-electron chi connectivity index (χ3n) is 3.67. The zero-order chi connectivity index (χ0) is 15.8. The van der Waals surface area contributed by atoms with Crippen LogP contribution in [0.3, 0.4) is 0 Å². The highest BCUT2D eigenvalue weighted by Gasteiger charge is 2.37. The Hall–Kier alpha value is -3.23. The van der Waals surface area contributed by atoms with Crippen molar-refractivity contribution in [3.05, 3.63) is 52.6 Å². The molecule has 0 aromatic carbocycles. The predicted molar refractivity (Wildman–Crippen MR) is 75.5 cm³/mol. The molecule has 3 aromatic heterocycles. The van der Waals surface area contributed by atoms with Crippen molar-refractivity contribution in [1.29, 1.82) is 0 Å². The van der Waals surface area contributed by atoms with Crippen molar-refractivity contribution in [3.8, 4) is 11.4 Å². The van der Waals surface area contributed by atoms with Crippen LogP contribution in [-0.2, 0) is 0 Å². The molecule has 0 aliphatic carbocycles. The van der Waals surface area contributed by atoms with Crippen LogP contribution in [0.2, 0.25) is 0 Å². The highest BCUT2D eigenvalue weighted by Crippen LogP contribution is 2.28. The Morgan fingerprint density at radius 3 is 2.91 bits per heavy atom. The molecule has 1 amide bonds. The van der Waals surface area contributed by atoms with Crippen LogP contribution in [0.15, 0.2) is 44.4 Å². The molecule has 1 aliphatic rings. The van der Waals surface area contributed by atoms with Crippen molar-refractivity contribution in [2.45, 2.75) is 5.92 Å². The van der Waals surface area contributed by atoms with Gasteiger partial charge in [0.05, 0.1) is 17.7 Å². The molecular weight excluding hydrogens is 302 g/mol. The molecule has 1 N–H and O–H groups in total. The molecule has 4 heterocycles. The smallest absolute Gasteiger partial charge is 0.292 e. The fraction of sp³-hybridized carbons (Fsp3) is 0.214. The second-order valence-corrected chi connectivity index (χ2v) is 5.15. The maximum Gasteiger partial charge on any atom is 0.292 e. The van der Waals surface area contributed by atoms with Gasteiger partial charge in [0, 0.05) is 25.4 Å². The van der Waals surface area contributed by atoms with Crippen LogP contribution in [-0.4, -0.2) is 44.2 Å². The van der Waals surface area contributed by atoms with E-state index >= 15 is 0 Å². The summed E-state index contributed by atoms with van der Waals surface area (Å²) in [5, 5.41) is 7.34. The van der Waals surface area contributed by atoms with Gasteiger partial charge in [-0.3, -0.25) is 9.59 Å². The zero-order valence-corrected chi connectivity index (χ0v) is 11.8. The monoisotopic (exact) mass is 313 g/mol. The van der Waals surface area contributed by atoms with E-state index in [1.807, 2.05) is 0 Å². The lowest BCUT2D eigenvalue weighted by Crippen LogP contribution is -2.48. The van der Waals surface area contributed by atoms with E-state index in [2.05, 4.69) is 20.3 Å². The minimum Gasteiger partial charge on any atom is -0.351 e. The standard InChI is InChI=1S/C14H11N5O4/c20-12-9(2-1-4-15-12)11-17-13(23-18-11)8-6-19(7-8)14(21)10-3-5-16-22-10/h1-5,8H,6-7H2,(H,15,20). The second kappa shape index (κ2) is 5.20. The van der Waals surface area contributed by atoms with Gasteiger partial charge in [-0.1, -0.05) is 10.3 Å². The molecule has 116 valence electrons. The Balaban J connectivity index is 1.47. The molecule has 0 radical (unpaired) electrons. The number of aromatic nitrogens is 4. The van der Waals surface area contributed by atoms with Crippen molar-refractivity contribution in [2.75, 3.05) is 13.1 Å². The quantitative estimate of drug-likeness (QED) is 0.754. The van der Waals surface area contributed by atoms with Crippen LogP contribution in [0.25, 0.3) is 11.4 Å². The van der Waals surface area contributed by atoms with E-state index in [1.165, 1.54) is 18.5 Å². The van der Waals surface area contributed by atoms with Gasteiger partial charge in [0.1, 0.15) is 0 Å². The molecule has 0 bridgehead atoms. The number of nitrogens with one attached hydrogen (secondary N) is 1. The molecule has 0 saturated carbocycles. The predicted octanol–water partition coefficient (Wildman–Crippen LogP) is 0.652. The molecule has 0 spiro atoms. The highest BCUT2D eigenvalue weighted by molar-refractivity contribution is 5.91. The van der Waals surface area contributed by atoms with Crippen LogP contribution in [0, 0.1) is 0 Å². The number of rotatable bonds is 3. The average Bonchev–Trinajstić information content (AvgIpc) is 3.18. The number of likely N-dealkylation sites (tertiary alicyclic amines) is 1. The summed E-state index contributed by atoms with van der Waals surface area (Å²) >= 11 is 0. The maximum atomic E-state index is 12.0. The number of hydrogen-bond donors (Lipinski definition) is 1.